The first-order valence-electron chi connectivity index (χ1n) is 3.57. The molecule has 0 saturated carbocycles. The van der Waals surface area contributed by atoms with E-state index in [0.29, 0.717) is 0 Å². The highest BCUT2D eigenvalue weighted by molar-refractivity contribution is 4.58. The van der Waals surface area contributed by atoms with Crippen molar-refractivity contribution in [3.05, 3.63) is 0 Å². The van der Waals surface area contributed by atoms with Crippen LogP contribution >= 0.6 is 0 Å². The summed E-state index contributed by atoms with van der Waals surface area (Å²) in [6.45, 7) is 11.7. The number of rotatable bonds is 1. The molecule has 0 bridgehead atoms. The lowest BCUT2D eigenvalue weighted by Gasteiger charge is -2.24. The van der Waals surface area contributed by atoms with Crippen LogP contribution in [0.5, 0.6) is 0 Å². The summed E-state index contributed by atoms with van der Waals surface area (Å²) in [5.74, 6) is 0. The Morgan fingerprint density at radius 2 is 0.900 bits per heavy atom. The van der Waals surface area contributed by atoms with Gasteiger partial charge in [-0.3, -0.25) is 0 Å². The van der Waals surface area contributed by atoms with Gasteiger partial charge in [-0.1, -0.05) is 0 Å². The summed E-state index contributed by atoms with van der Waals surface area (Å²) in [4.78, 5) is 10.2. The van der Waals surface area contributed by atoms with Crippen LogP contribution in [-0.2, 0) is 9.78 Å². The Labute approximate surface area is 66.4 Å². The standard InChI is InChI=1S/C8H18O2/c1-7(2,3)9-10-8(4,5)6/h1-6H3/p+2. The summed E-state index contributed by atoms with van der Waals surface area (Å²) < 4.78 is 0. The van der Waals surface area contributed by atoms with E-state index in [1.54, 1.807) is 0 Å². The summed E-state index contributed by atoms with van der Waals surface area (Å²) in [7, 11) is 0. The zero-order valence-electron chi connectivity index (χ0n) is 9.82. The Bertz CT molecular complexity index is 88.6. The van der Waals surface area contributed by atoms with Crippen molar-refractivity contribution in [1.29, 1.82) is 0 Å². The quantitative estimate of drug-likeness (QED) is 0.420. The fraction of sp³-hybridized carbons (Fsp3) is 1.00. The summed E-state index contributed by atoms with van der Waals surface area (Å²) in [6, 6.07) is 0. The van der Waals surface area contributed by atoms with Gasteiger partial charge >= 0.3 is 2.85 Å². The molecule has 0 radical (unpaired) electrons. The molecule has 0 fully saturated rings. The third-order valence-corrected chi connectivity index (χ3v) is 0.542. The van der Waals surface area contributed by atoms with E-state index in [1.165, 1.54) is 0 Å². The first kappa shape index (κ1) is 9.92. The van der Waals surface area contributed by atoms with E-state index in [9.17, 15) is 0 Å². The Morgan fingerprint density at radius 3 is 1.00 bits per heavy atom. The Balaban J connectivity index is -0.000000405. The molecule has 0 aliphatic carbocycles. The number of hydrogen-bond acceptors (Lipinski definition) is 2. The van der Waals surface area contributed by atoms with E-state index in [4.69, 9.17) is 9.78 Å². The molecule has 2 nitrogen and oxygen atoms in total. The van der Waals surface area contributed by atoms with Crippen LogP contribution in [-0.4, -0.2) is 11.2 Å². The molecule has 0 N–H and O–H groups in total. The summed E-state index contributed by atoms with van der Waals surface area (Å²) in [5.41, 5.74) is -0.430. The highest BCUT2D eigenvalue weighted by Crippen LogP contribution is 2.14. The summed E-state index contributed by atoms with van der Waals surface area (Å²) >= 11 is 0. The van der Waals surface area contributed by atoms with Gasteiger partial charge in [-0.2, -0.15) is 0 Å². The molecule has 0 heterocycles. The van der Waals surface area contributed by atoms with Crippen molar-refractivity contribution in [3.63, 3.8) is 0 Å². The van der Waals surface area contributed by atoms with E-state index in [1.807, 2.05) is 41.5 Å². The van der Waals surface area contributed by atoms with E-state index in [0.717, 1.165) is 0 Å². The molecule has 2 heteroatoms. The van der Waals surface area contributed by atoms with Gasteiger partial charge in [0.05, 0.1) is 11.2 Å². The molecule has 62 valence electrons. The first-order valence-corrected chi connectivity index (χ1v) is 3.57. The maximum atomic E-state index is 5.09. The van der Waals surface area contributed by atoms with Gasteiger partial charge < -0.3 is 0 Å². The van der Waals surface area contributed by atoms with Gasteiger partial charge in [0.1, 0.15) is 0 Å². The molecule has 0 amide bonds. The van der Waals surface area contributed by atoms with Crippen molar-refractivity contribution in [3.8, 4) is 0 Å². The monoisotopic (exact) mass is 148 g/mol. The van der Waals surface area contributed by atoms with Gasteiger partial charge in [0.2, 0.25) is 0 Å². The van der Waals surface area contributed by atoms with Gasteiger partial charge in [-0.15, -0.1) is 0 Å². The van der Waals surface area contributed by atoms with Gasteiger partial charge in [0.15, 0.2) is 0 Å². The van der Waals surface area contributed by atoms with Crippen molar-refractivity contribution >= 4 is 0 Å². The van der Waals surface area contributed by atoms with Crippen molar-refractivity contribution in [2.45, 2.75) is 52.7 Å². The fourth-order valence-electron chi connectivity index (χ4n) is 0.250. The smallest absolute Gasteiger partial charge is 0.230 e. The molecule has 10 heavy (non-hydrogen) atoms. The minimum atomic E-state index is -0.215. The van der Waals surface area contributed by atoms with Crippen molar-refractivity contribution < 1.29 is 12.6 Å². The maximum absolute atomic E-state index is 5.09. The zero-order chi connectivity index (χ0) is 8.41. The third-order valence-electron chi connectivity index (χ3n) is 0.542. The van der Waals surface area contributed by atoms with Gasteiger partial charge in [-0.25, -0.2) is 9.78 Å². The van der Waals surface area contributed by atoms with E-state index < -0.39 is 0 Å². The van der Waals surface area contributed by atoms with E-state index in [2.05, 4.69) is 0 Å². The van der Waals surface area contributed by atoms with Crippen LogP contribution in [0.1, 0.15) is 44.4 Å². The molecule has 0 aliphatic heterocycles. The van der Waals surface area contributed by atoms with E-state index >= 15 is 0 Å². The molecular weight excluding hydrogens is 128 g/mol. The Kier molecular flexibility index (Phi) is 2.86. The molecule has 0 unspecified atom stereocenters. The predicted octanol–water partition coefficient (Wildman–Crippen LogP) is 2.76. The normalized spacial score (nSPS) is 13.8. The first-order chi connectivity index (χ1) is 4.21. The average Bonchev–Trinajstić information content (AvgIpc) is 1.57. The second-order valence-corrected chi connectivity index (χ2v) is 4.39. The Morgan fingerprint density at radius 1 is 0.700 bits per heavy atom. The largest absolute Gasteiger partial charge is 1.00 e. The fourth-order valence-corrected chi connectivity index (χ4v) is 0.250. The second-order valence-electron chi connectivity index (χ2n) is 4.39. The molecule has 0 aromatic heterocycles. The van der Waals surface area contributed by atoms with Gasteiger partial charge in [0, 0.05) is 0 Å². The highest BCUT2D eigenvalue weighted by atomic mass is 17.2. The van der Waals surface area contributed by atoms with Gasteiger partial charge in [0.25, 0.3) is 0 Å². The topological polar surface area (TPSA) is 18.5 Å². The highest BCUT2D eigenvalue weighted by Gasteiger charge is 2.18. The van der Waals surface area contributed by atoms with E-state index in [-0.39, 0.29) is 14.1 Å². The van der Waals surface area contributed by atoms with Crippen LogP contribution < -0.4 is 0 Å². The van der Waals surface area contributed by atoms with Crippen molar-refractivity contribution in [1.82, 2.24) is 0 Å². The zero-order valence-corrected chi connectivity index (χ0v) is 7.82. The van der Waals surface area contributed by atoms with Crippen LogP contribution in [0.3, 0.4) is 0 Å². The summed E-state index contributed by atoms with van der Waals surface area (Å²) in [5, 5.41) is 0. The lowest BCUT2D eigenvalue weighted by molar-refractivity contribution is -0.393. The molecular formula is C8H20O2+2. The Hall–Kier alpha value is -0.0800. The van der Waals surface area contributed by atoms with Crippen molar-refractivity contribution in [2.24, 2.45) is 0 Å². The van der Waals surface area contributed by atoms with Gasteiger partial charge in [-0.05, 0) is 41.5 Å². The average molecular weight is 148 g/mol. The SMILES string of the molecule is CC(C)(C)OOC(C)(C)C.[H+].[H+]. The van der Waals surface area contributed by atoms with Crippen LogP contribution in [0.4, 0.5) is 0 Å². The maximum Gasteiger partial charge on any atom is 1.00 e. The predicted molar refractivity (Wildman–Crippen MR) is 43.9 cm³/mol. The molecule has 0 saturated heterocycles. The molecule has 0 atom stereocenters. The second kappa shape index (κ2) is 2.89. The molecule has 0 aromatic carbocycles. The van der Waals surface area contributed by atoms with Crippen LogP contribution in [0.25, 0.3) is 0 Å². The molecule has 0 spiro atoms. The minimum Gasteiger partial charge on any atom is -0.230 e. The minimum absolute atomic E-state index is 0. The van der Waals surface area contributed by atoms with Crippen molar-refractivity contribution in [2.75, 3.05) is 0 Å². The summed E-state index contributed by atoms with van der Waals surface area (Å²) in [6.07, 6.45) is 0. The molecule has 0 aliphatic rings. The van der Waals surface area contributed by atoms with Crippen LogP contribution in [0, 0.1) is 0 Å². The molecule has 0 rings (SSSR count). The third kappa shape index (κ3) is 7.92. The molecule has 0 aromatic rings. The number of hydrogen-bond donors (Lipinski definition) is 0. The lowest BCUT2D eigenvalue weighted by Crippen LogP contribution is -2.27. The van der Waals surface area contributed by atoms with Crippen LogP contribution in [0.15, 0.2) is 0 Å². The van der Waals surface area contributed by atoms with Crippen LogP contribution in [0.2, 0.25) is 0 Å². The lowest BCUT2D eigenvalue weighted by atomic mass is 10.2.